The van der Waals surface area contributed by atoms with Crippen LogP contribution in [0.2, 0.25) is 0 Å². The maximum Gasteiger partial charge on any atom is 0.407 e. The number of rotatable bonds is 8. The first kappa shape index (κ1) is 24.6. The van der Waals surface area contributed by atoms with Gasteiger partial charge in [-0.05, 0) is 54.4 Å². The number of hydrogen-bond acceptors (Lipinski definition) is 3. The molecule has 178 valence electrons. The molecule has 1 heterocycles. The molecule has 1 aromatic carbocycles. The number of nitrogens with one attached hydrogen (secondary N) is 1. The van der Waals surface area contributed by atoms with Gasteiger partial charge in [-0.2, -0.15) is 0 Å². The lowest BCUT2D eigenvalue weighted by Gasteiger charge is -2.31. The minimum atomic E-state index is -1.05. The largest absolute Gasteiger partial charge is 0.465 e. The zero-order valence-corrected chi connectivity index (χ0v) is 20.4. The number of nitrogens with zero attached hydrogens (tertiary/aromatic N) is 2. The number of amides is 2. The Kier molecular flexibility index (Phi) is 7.86. The normalized spacial score (nSPS) is 25.2. The zero-order valence-electron chi connectivity index (χ0n) is 20.4. The molecule has 1 unspecified atom stereocenters. The molecule has 1 saturated heterocycles. The molecule has 2 fully saturated rings. The lowest BCUT2D eigenvalue weighted by molar-refractivity contribution is -0.127. The van der Waals surface area contributed by atoms with Crippen molar-refractivity contribution >= 4 is 12.0 Å². The lowest BCUT2D eigenvalue weighted by atomic mass is 9.82. The van der Waals surface area contributed by atoms with E-state index in [0.29, 0.717) is 18.3 Å². The molecule has 1 saturated carbocycles. The molecule has 0 radical (unpaired) electrons. The van der Waals surface area contributed by atoms with Crippen molar-refractivity contribution in [1.29, 1.82) is 0 Å². The zero-order chi connectivity index (χ0) is 23.5. The molecule has 0 bridgehead atoms. The van der Waals surface area contributed by atoms with Crippen molar-refractivity contribution in [2.45, 2.75) is 72.0 Å². The summed E-state index contributed by atoms with van der Waals surface area (Å²) in [6.07, 6.45) is 2.56. The van der Waals surface area contributed by atoms with E-state index in [2.05, 4.69) is 62.2 Å². The van der Waals surface area contributed by atoms with Crippen LogP contribution in [0.3, 0.4) is 0 Å². The van der Waals surface area contributed by atoms with Gasteiger partial charge in [0.05, 0.1) is 0 Å². The second-order valence-corrected chi connectivity index (χ2v) is 11.3. The Bertz CT molecular complexity index is 776. The molecule has 2 amide bonds. The van der Waals surface area contributed by atoms with Crippen LogP contribution in [0, 0.1) is 23.2 Å². The van der Waals surface area contributed by atoms with Gasteiger partial charge in [-0.3, -0.25) is 14.6 Å². The number of carbonyl (C=O) groups excluding carboxylic acids is 1. The van der Waals surface area contributed by atoms with E-state index in [0.717, 1.165) is 38.9 Å². The highest BCUT2D eigenvalue weighted by atomic mass is 16.4. The fraction of sp³-hybridized carbons (Fsp3) is 0.692. The molecule has 6 nitrogen and oxygen atoms in total. The predicted molar refractivity (Wildman–Crippen MR) is 127 cm³/mol. The summed E-state index contributed by atoms with van der Waals surface area (Å²) >= 11 is 0. The van der Waals surface area contributed by atoms with E-state index >= 15 is 0 Å². The van der Waals surface area contributed by atoms with Crippen LogP contribution in [0.15, 0.2) is 30.3 Å². The van der Waals surface area contributed by atoms with Crippen molar-refractivity contribution in [3.63, 3.8) is 0 Å². The van der Waals surface area contributed by atoms with Gasteiger partial charge in [-0.1, -0.05) is 58.0 Å². The van der Waals surface area contributed by atoms with Crippen LogP contribution in [0.25, 0.3) is 0 Å². The van der Waals surface area contributed by atoms with Crippen molar-refractivity contribution in [2.24, 2.45) is 23.2 Å². The second-order valence-electron chi connectivity index (χ2n) is 11.3. The summed E-state index contributed by atoms with van der Waals surface area (Å²) in [5, 5.41) is 12.8. The first-order valence-corrected chi connectivity index (χ1v) is 12.1. The van der Waals surface area contributed by atoms with Gasteiger partial charge >= 0.3 is 6.09 Å². The highest BCUT2D eigenvalue weighted by Crippen LogP contribution is 2.39. The van der Waals surface area contributed by atoms with Crippen molar-refractivity contribution in [3.8, 4) is 0 Å². The standard InChI is InChI=1S/C26H41N3O3/c1-18(14-26(2,3)4)13-23(28(5)25(31)32)24(30)27-22-12-11-20-16-29(17-21(20)22)15-19-9-7-6-8-10-19/h6-10,18,20-23H,11-17H2,1-5H3,(H,27,30)(H,31,32)/t18-,20-,21+,22-,23?/m0/s1. The third-order valence-electron chi connectivity index (χ3n) is 7.17. The minimum Gasteiger partial charge on any atom is -0.465 e. The van der Waals surface area contributed by atoms with E-state index in [1.807, 2.05) is 6.07 Å². The quantitative estimate of drug-likeness (QED) is 0.622. The number of benzene rings is 1. The maximum absolute atomic E-state index is 13.3. The number of fused-ring (bicyclic) bond motifs is 1. The van der Waals surface area contributed by atoms with Gasteiger partial charge in [0, 0.05) is 32.7 Å². The van der Waals surface area contributed by atoms with Crippen LogP contribution in [0.1, 0.15) is 58.9 Å². The van der Waals surface area contributed by atoms with Gasteiger partial charge in [-0.25, -0.2) is 4.79 Å². The predicted octanol–water partition coefficient (Wildman–Crippen LogP) is 4.45. The molecule has 6 heteroatoms. The Hall–Kier alpha value is -2.08. The molecule has 0 spiro atoms. The summed E-state index contributed by atoms with van der Waals surface area (Å²) in [4.78, 5) is 28.7. The van der Waals surface area contributed by atoms with Gasteiger partial charge in [0.1, 0.15) is 6.04 Å². The van der Waals surface area contributed by atoms with Crippen LogP contribution in [0.4, 0.5) is 4.79 Å². The molecule has 0 aromatic heterocycles. The maximum atomic E-state index is 13.3. The monoisotopic (exact) mass is 443 g/mol. The number of hydrogen-bond donors (Lipinski definition) is 2. The third-order valence-corrected chi connectivity index (χ3v) is 7.17. The Balaban J connectivity index is 1.61. The molecule has 5 atom stereocenters. The molecular formula is C26H41N3O3. The summed E-state index contributed by atoms with van der Waals surface area (Å²) in [6, 6.07) is 10.0. The molecule has 1 aliphatic heterocycles. The highest BCUT2D eigenvalue weighted by Gasteiger charge is 2.44. The molecule has 32 heavy (non-hydrogen) atoms. The average molecular weight is 444 g/mol. The lowest BCUT2D eigenvalue weighted by Crippen LogP contribution is -2.52. The van der Waals surface area contributed by atoms with Crippen LogP contribution in [0.5, 0.6) is 0 Å². The van der Waals surface area contributed by atoms with Crippen LogP contribution in [-0.4, -0.2) is 59.1 Å². The Morgan fingerprint density at radius 3 is 2.50 bits per heavy atom. The second kappa shape index (κ2) is 10.2. The molecule has 1 aromatic rings. The smallest absolute Gasteiger partial charge is 0.407 e. The van der Waals surface area contributed by atoms with Crippen molar-refractivity contribution in [2.75, 3.05) is 20.1 Å². The number of likely N-dealkylation sites (tertiary alicyclic amines) is 1. The van der Waals surface area contributed by atoms with E-state index in [9.17, 15) is 14.7 Å². The number of carboxylic acid groups (broad SMARTS) is 1. The molecule has 2 N–H and O–H groups in total. The van der Waals surface area contributed by atoms with E-state index in [1.54, 1.807) is 0 Å². The van der Waals surface area contributed by atoms with Crippen molar-refractivity contribution < 1.29 is 14.7 Å². The molecule has 2 aliphatic rings. The topological polar surface area (TPSA) is 72.9 Å². The van der Waals surface area contributed by atoms with Crippen LogP contribution in [-0.2, 0) is 11.3 Å². The third kappa shape index (κ3) is 6.47. The summed E-state index contributed by atoms with van der Waals surface area (Å²) in [5.41, 5.74) is 1.47. The SMILES string of the molecule is C[C@@H](CC(C(=O)N[C@H]1CC[C@H]2CN(Cc3ccccc3)C[C@H]21)N(C)C(=O)O)CC(C)(C)C. The average Bonchev–Trinajstić information content (AvgIpc) is 3.26. The van der Waals surface area contributed by atoms with Gasteiger partial charge in [-0.15, -0.1) is 0 Å². The minimum absolute atomic E-state index is 0.135. The van der Waals surface area contributed by atoms with E-state index in [-0.39, 0.29) is 23.3 Å². The molecular weight excluding hydrogens is 402 g/mol. The van der Waals surface area contributed by atoms with Crippen LogP contribution >= 0.6 is 0 Å². The van der Waals surface area contributed by atoms with E-state index in [1.165, 1.54) is 17.5 Å². The van der Waals surface area contributed by atoms with E-state index < -0.39 is 12.1 Å². The first-order valence-electron chi connectivity index (χ1n) is 12.1. The summed E-state index contributed by atoms with van der Waals surface area (Å²) in [7, 11) is 1.52. The summed E-state index contributed by atoms with van der Waals surface area (Å²) in [6.45, 7) is 11.7. The first-order chi connectivity index (χ1) is 15.0. The Morgan fingerprint density at radius 2 is 1.88 bits per heavy atom. The van der Waals surface area contributed by atoms with Gasteiger partial charge in [0.2, 0.25) is 5.91 Å². The summed E-state index contributed by atoms with van der Waals surface area (Å²) < 4.78 is 0. The molecule has 1 aliphatic carbocycles. The Labute approximate surface area is 193 Å². The fourth-order valence-electron chi connectivity index (χ4n) is 5.87. The highest BCUT2D eigenvalue weighted by molar-refractivity contribution is 5.85. The van der Waals surface area contributed by atoms with Gasteiger partial charge < -0.3 is 10.4 Å². The van der Waals surface area contributed by atoms with Gasteiger partial charge in [0.15, 0.2) is 0 Å². The van der Waals surface area contributed by atoms with Crippen LogP contribution < -0.4 is 5.32 Å². The van der Waals surface area contributed by atoms with Crippen molar-refractivity contribution in [1.82, 2.24) is 15.1 Å². The van der Waals surface area contributed by atoms with Crippen molar-refractivity contribution in [3.05, 3.63) is 35.9 Å². The fourth-order valence-corrected chi connectivity index (χ4v) is 5.87. The van der Waals surface area contributed by atoms with E-state index in [4.69, 9.17) is 0 Å². The number of likely N-dealkylation sites (N-methyl/N-ethyl adjacent to an activating group) is 1. The number of carbonyl (C=O) groups is 2. The van der Waals surface area contributed by atoms with Gasteiger partial charge in [0.25, 0.3) is 0 Å². The Morgan fingerprint density at radius 1 is 1.19 bits per heavy atom. The molecule has 3 rings (SSSR count). The summed E-state index contributed by atoms with van der Waals surface area (Å²) in [5.74, 6) is 1.18.